The zero-order valence-corrected chi connectivity index (χ0v) is 8.89. The Balaban J connectivity index is 1.99. The fraction of sp³-hybridized carbons (Fsp3) is 0.200. The van der Waals surface area contributed by atoms with Crippen molar-refractivity contribution in [2.45, 2.75) is 17.6 Å². The number of aliphatic hydroxyl groups excluding tert-OH is 1. The van der Waals surface area contributed by atoms with Gasteiger partial charge in [0.15, 0.2) is 5.16 Å². The molecule has 0 atom stereocenters. The van der Waals surface area contributed by atoms with Gasteiger partial charge in [-0.05, 0) is 5.56 Å². The monoisotopic (exact) mass is 221 g/mol. The first-order valence-electron chi connectivity index (χ1n) is 4.55. The van der Waals surface area contributed by atoms with Gasteiger partial charge in [-0.1, -0.05) is 42.1 Å². The molecule has 1 N–H and O–H groups in total. The van der Waals surface area contributed by atoms with Crippen LogP contribution in [0.25, 0.3) is 0 Å². The lowest BCUT2D eigenvalue weighted by Gasteiger charge is -2.01. The molecule has 0 amide bonds. The first-order chi connectivity index (χ1) is 7.40. The van der Waals surface area contributed by atoms with Crippen LogP contribution in [0, 0.1) is 0 Å². The topological polar surface area (TPSA) is 50.9 Å². The summed E-state index contributed by atoms with van der Waals surface area (Å²) in [6.07, 6.45) is 1.45. The highest BCUT2D eigenvalue weighted by Gasteiger charge is 2.03. The van der Waals surface area contributed by atoms with E-state index in [0.717, 1.165) is 10.9 Å². The van der Waals surface area contributed by atoms with Crippen molar-refractivity contribution in [2.24, 2.45) is 0 Å². The van der Waals surface area contributed by atoms with E-state index in [1.165, 1.54) is 16.6 Å². The number of nitrogens with zero attached hydrogens (tertiary/aromatic N) is 3. The Morgan fingerprint density at radius 2 is 2.07 bits per heavy atom. The van der Waals surface area contributed by atoms with E-state index < -0.39 is 0 Å². The van der Waals surface area contributed by atoms with Crippen molar-refractivity contribution in [1.29, 1.82) is 0 Å². The van der Waals surface area contributed by atoms with Gasteiger partial charge in [0.25, 0.3) is 0 Å². The maximum atomic E-state index is 8.95. The molecule has 78 valence electrons. The minimum Gasteiger partial charge on any atom is -0.374 e. The van der Waals surface area contributed by atoms with Gasteiger partial charge < -0.3 is 5.11 Å². The predicted octanol–water partition coefficient (Wildman–Crippen LogP) is 1.52. The third-order valence-corrected chi connectivity index (χ3v) is 2.98. The summed E-state index contributed by atoms with van der Waals surface area (Å²) in [4.78, 5) is 4.06. The quantitative estimate of drug-likeness (QED) is 0.795. The molecule has 4 nitrogen and oxygen atoms in total. The summed E-state index contributed by atoms with van der Waals surface area (Å²) in [7, 11) is 0. The van der Waals surface area contributed by atoms with Crippen LogP contribution in [0.15, 0.2) is 41.8 Å². The first-order valence-corrected chi connectivity index (χ1v) is 5.54. The molecular weight excluding hydrogens is 210 g/mol. The summed E-state index contributed by atoms with van der Waals surface area (Å²) < 4.78 is 1.47. The molecule has 0 spiro atoms. The molecule has 0 bridgehead atoms. The molecule has 0 aliphatic heterocycles. The van der Waals surface area contributed by atoms with Gasteiger partial charge >= 0.3 is 0 Å². The number of rotatable bonds is 4. The van der Waals surface area contributed by atoms with Gasteiger partial charge in [0.05, 0.1) is 0 Å². The summed E-state index contributed by atoms with van der Waals surface area (Å²) in [6.45, 7) is -0.128. The van der Waals surface area contributed by atoms with Crippen molar-refractivity contribution in [2.75, 3.05) is 0 Å². The van der Waals surface area contributed by atoms with Crippen LogP contribution in [-0.2, 0) is 12.5 Å². The summed E-state index contributed by atoms with van der Waals surface area (Å²) in [6, 6.07) is 10.1. The maximum Gasteiger partial charge on any atom is 0.188 e. The summed E-state index contributed by atoms with van der Waals surface area (Å²) in [5.41, 5.74) is 1.23. The van der Waals surface area contributed by atoms with Crippen LogP contribution in [0.3, 0.4) is 0 Å². The molecule has 0 saturated heterocycles. The van der Waals surface area contributed by atoms with E-state index in [9.17, 15) is 0 Å². The van der Waals surface area contributed by atoms with Crippen molar-refractivity contribution < 1.29 is 5.11 Å². The van der Waals surface area contributed by atoms with Crippen molar-refractivity contribution in [3.63, 3.8) is 0 Å². The van der Waals surface area contributed by atoms with E-state index in [4.69, 9.17) is 5.11 Å². The van der Waals surface area contributed by atoms with Crippen molar-refractivity contribution in [3.8, 4) is 0 Å². The van der Waals surface area contributed by atoms with E-state index in [2.05, 4.69) is 22.2 Å². The number of hydrogen-bond donors (Lipinski definition) is 1. The Labute approximate surface area is 92.0 Å². The van der Waals surface area contributed by atoms with Gasteiger partial charge in [-0.3, -0.25) is 0 Å². The minimum atomic E-state index is -0.128. The second-order valence-corrected chi connectivity index (χ2v) is 3.90. The molecule has 0 radical (unpaired) electrons. The van der Waals surface area contributed by atoms with Crippen molar-refractivity contribution in [1.82, 2.24) is 14.8 Å². The number of aromatic nitrogens is 3. The standard InChI is InChI=1S/C10H11N3OS/c14-8-13-10(11-7-12-13)15-6-9-4-2-1-3-5-9/h1-5,7,14H,6,8H2. The molecule has 0 fully saturated rings. The van der Waals surface area contributed by atoms with Crippen LogP contribution < -0.4 is 0 Å². The van der Waals surface area contributed by atoms with E-state index in [0.29, 0.717) is 0 Å². The highest BCUT2D eigenvalue weighted by atomic mass is 32.2. The summed E-state index contributed by atoms with van der Waals surface area (Å²) in [5.74, 6) is 0.833. The molecule has 1 aromatic heterocycles. The third-order valence-electron chi connectivity index (χ3n) is 1.92. The summed E-state index contributed by atoms with van der Waals surface area (Å²) >= 11 is 1.56. The van der Waals surface area contributed by atoms with Crippen LogP contribution in [-0.4, -0.2) is 19.9 Å². The van der Waals surface area contributed by atoms with Crippen molar-refractivity contribution >= 4 is 11.8 Å². The average molecular weight is 221 g/mol. The number of benzene rings is 1. The number of hydrogen-bond acceptors (Lipinski definition) is 4. The lowest BCUT2D eigenvalue weighted by Crippen LogP contribution is -2.00. The van der Waals surface area contributed by atoms with Gasteiger partial charge in [0, 0.05) is 5.75 Å². The Morgan fingerprint density at radius 3 is 2.80 bits per heavy atom. The molecular formula is C10H11N3OS. The SMILES string of the molecule is OCn1ncnc1SCc1ccccc1. The summed E-state index contributed by atoms with van der Waals surface area (Å²) in [5, 5.41) is 13.6. The van der Waals surface area contributed by atoms with Gasteiger partial charge in [0.1, 0.15) is 13.1 Å². The molecule has 2 rings (SSSR count). The molecule has 5 heteroatoms. The minimum absolute atomic E-state index is 0.128. The van der Waals surface area contributed by atoms with Crippen molar-refractivity contribution in [3.05, 3.63) is 42.2 Å². The second kappa shape index (κ2) is 4.95. The molecule has 1 heterocycles. The van der Waals surface area contributed by atoms with Crippen LogP contribution in [0.4, 0.5) is 0 Å². The van der Waals surface area contributed by atoms with Gasteiger partial charge in [-0.25, -0.2) is 9.67 Å². The molecule has 2 aromatic rings. The van der Waals surface area contributed by atoms with Gasteiger partial charge in [-0.2, -0.15) is 5.10 Å². The molecule has 15 heavy (non-hydrogen) atoms. The lowest BCUT2D eigenvalue weighted by molar-refractivity contribution is 0.183. The normalized spacial score (nSPS) is 10.5. The fourth-order valence-corrected chi connectivity index (χ4v) is 2.05. The molecule has 0 unspecified atom stereocenters. The average Bonchev–Trinajstić information content (AvgIpc) is 2.75. The predicted molar refractivity (Wildman–Crippen MR) is 58.2 cm³/mol. The Morgan fingerprint density at radius 1 is 1.27 bits per heavy atom. The zero-order chi connectivity index (χ0) is 10.5. The highest BCUT2D eigenvalue weighted by Crippen LogP contribution is 2.19. The van der Waals surface area contributed by atoms with Gasteiger partial charge in [-0.15, -0.1) is 0 Å². The smallest absolute Gasteiger partial charge is 0.188 e. The molecule has 0 aliphatic rings. The Kier molecular flexibility index (Phi) is 3.37. The maximum absolute atomic E-state index is 8.95. The first kappa shape index (κ1) is 10.2. The van der Waals surface area contributed by atoms with Crippen LogP contribution in [0.1, 0.15) is 5.56 Å². The molecule has 0 saturated carbocycles. The van der Waals surface area contributed by atoms with E-state index in [-0.39, 0.29) is 6.73 Å². The Hall–Kier alpha value is -1.33. The van der Waals surface area contributed by atoms with Crippen LogP contribution in [0.5, 0.6) is 0 Å². The molecule has 0 aliphatic carbocycles. The largest absolute Gasteiger partial charge is 0.374 e. The lowest BCUT2D eigenvalue weighted by atomic mass is 10.2. The number of aliphatic hydroxyl groups is 1. The highest BCUT2D eigenvalue weighted by molar-refractivity contribution is 7.98. The van der Waals surface area contributed by atoms with E-state index >= 15 is 0 Å². The van der Waals surface area contributed by atoms with Crippen LogP contribution in [0.2, 0.25) is 0 Å². The van der Waals surface area contributed by atoms with Crippen LogP contribution >= 0.6 is 11.8 Å². The zero-order valence-electron chi connectivity index (χ0n) is 8.08. The second-order valence-electron chi connectivity index (χ2n) is 2.96. The fourth-order valence-electron chi connectivity index (χ4n) is 1.18. The third kappa shape index (κ3) is 2.57. The van der Waals surface area contributed by atoms with E-state index in [1.807, 2.05) is 18.2 Å². The number of thioether (sulfide) groups is 1. The van der Waals surface area contributed by atoms with E-state index in [1.54, 1.807) is 11.8 Å². The molecule has 1 aromatic carbocycles. The Bertz CT molecular complexity index is 416. The van der Waals surface area contributed by atoms with Gasteiger partial charge in [0.2, 0.25) is 0 Å².